The third kappa shape index (κ3) is 5.68. The predicted octanol–water partition coefficient (Wildman–Crippen LogP) is 9.62. The predicted molar refractivity (Wildman–Crippen MR) is 190 cm³/mol. The Morgan fingerprint density at radius 2 is 1.65 bits per heavy atom. The van der Waals surface area contributed by atoms with Gasteiger partial charge in [0.05, 0.1) is 30.8 Å². The first kappa shape index (κ1) is 36.8. The normalized spacial score (nSPS) is 47.8. The van der Waals surface area contributed by atoms with E-state index in [-0.39, 0.29) is 46.4 Å². The third-order valence-corrected chi connectivity index (χ3v) is 16.2. The van der Waals surface area contributed by atoms with Gasteiger partial charge in [0.2, 0.25) is 0 Å². The maximum atomic E-state index is 14.3. The maximum Gasteiger partial charge on any atom is 0.314 e. The van der Waals surface area contributed by atoms with Gasteiger partial charge in [-0.15, -0.1) is 0 Å². The molecule has 0 aromatic carbocycles. The number of rotatable bonds is 10. The summed E-state index contributed by atoms with van der Waals surface area (Å²) in [5.41, 5.74) is 0.925. The molecule has 6 aliphatic rings. The van der Waals surface area contributed by atoms with E-state index >= 15 is 0 Å². The number of hydrogen-bond acceptors (Lipinski definition) is 6. The molecule has 0 aromatic rings. The molecule has 12 atom stereocenters. The van der Waals surface area contributed by atoms with Gasteiger partial charge in [0.15, 0.2) is 12.6 Å². The summed E-state index contributed by atoms with van der Waals surface area (Å²) in [4.78, 5) is 14.3. The van der Waals surface area contributed by atoms with Crippen LogP contribution < -0.4 is 0 Å². The first-order valence-electron chi connectivity index (χ1n) is 20.0. The number of aliphatic hydroxyl groups is 1. The van der Waals surface area contributed by atoms with Crippen LogP contribution in [0.15, 0.2) is 11.6 Å². The van der Waals surface area contributed by atoms with Crippen LogP contribution in [0.4, 0.5) is 0 Å². The Bertz CT molecular complexity index is 1210. The van der Waals surface area contributed by atoms with Crippen LogP contribution in [-0.2, 0) is 23.7 Å². The fourth-order valence-corrected chi connectivity index (χ4v) is 13.1. The van der Waals surface area contributed by atoms with Crippen molar-refractivity contribution in [3.8, 4) is 0 Å². The Morgan fingerprint density at radius 3 is 2.40 bits per heavy atom. The third-order valence-electron chi connectivity index (χ3n) is 16.2. The van der Waals surface area contributed by atoms with E-state index in [9.17, 15) is 9.90 Å². The highest BCUT2D eigenvalue weighted by molar-refractivity contribution is 5.78. The van der Waals surface area contributed by atoms with Crippen LogP contribution in [0.1, 0.15) is 152 Å². The van der Waals surface area contributed by atoms with Crippen LogP contribution in [-0.4, -0.2) is 49.1 Å². The molecular formula is C42H70O6. The van der Waals surface area contributed by atoms with Gasteiger partial charge in [0.1, 0.15) is 0 Å². The number of allylic oxidation sites excluding steroid dienone is 2. The van der Waals surface area contributed by atoms with Gasteiger partial charge >= 0.3 is 5.97 Å². The minimum absolute atomic E-state index is 0.00218. The zero-order valence-electron chi connectivity index (χ0n) is 32.1. The van der Waals surface area contributed by atoms with E-state index in [0.717, 1.165) is 57.8 Å². The van der Waals surface area contributed by atoms with Crippen molar-refractivity contribution in [1.82, 2.24) is 0 Å². The molecule has 1 N–H and O–H groups in total. The van der Waals surface area contributed by atoms with Gasteiger partial charge in [0, 0.05) is 5.41 Å². The number of ether oxygens (including phenoxy) is 4. The highest BCUT2D eigenvalue weighted by Crippen LogP contribution is 2.76. The molecule has 1 heterocycles. The molecule has 0 spiro atoms. The summed E-state index contributed by atoms with van der Waals surface area (Å²) in [6, 6.07) is 0. The summed E-state index contributed by atoms with van der Waals surface area (Å²) in [7, 11) is 0. The molecule has 274 valence electrons. The van der Waals surface area contributed by atoms with Gasteiger partial charge in [0.25, 0.3) is 0 Å². The highest BCUT2D eigenvalue weighted by atomic mass is 16.7. The van der Waals surface area contributed by atoms with Crippen LogP contribution in [0.25, 0.3) is 0 Å². The Balaban J connectivity index is 1.23. The summed E-state index contributed by atoms with van der Waals surface area (Å²) in [6.07, 6.45) is 17.2. The number of hydrogen-bond donors (Lipinski definition) is 1. The molecule has 6 heteroatoms. The van der Waals surface area contributed by atoms with Crippen molar-refractivity contribution in [3.05, 3.63) is 11.6 Å². The van der Waals surface area contributed by atoms with Crippen LogP contribution >= 0.6 is 0 Å². The molecule has 1 aliphatic heterocycles. The molecule has 0 bridgehead atoms. The maximum absolute atomic E-state index is 14.3. The molecule has 0 aromatic heterocycles. The largest absolute Gasteiger partial charge is 0.438 e. The van der Waals surface area contributed by atoms with E-state index in [1.165, 1.54) is 32.1 Å². The molecule has 0 radical (unpaired) electrons. The van der Waals surface area contributed by atoms with Gasteiger partial charge in [-0.3, -0.25) is 4.79 Å². The van der Waals surface area contributed by atoms with Crippen molar-refractivity contribution in [2.45, 2.75) is 170 Å². The standard InChI is InChI=1S/C42H70O6/c1-10-11-12-13-14-15-24-45-27-46-36(44)42-21-18-28(2)29(3)34(42)30-16-17-33-38(6)25-31(43)35-39(7,26-47-37(4,5)48-35)32(38)19-20-41(33,9)40(30,8)22-23-42/h16,28-29,31-35,43H,10-15,17-27H2,1-9H3/t28-,29+,31-,32?,33-,34+,35?,38+,39?,40-,41-,42+/m1/s1. The number of fused-ring (bicyclic) bond motifs is 9. The van der Waals surface area contributed by atoms with Gasteiger partial charge < -0.3 is 24.1 Å². The fourth-order valence-electron chi connectivity index (χ4n) is 13.1. The summed E-state index contributed by atoms with van der Waals surface area (Å²) in [6.45, 7) is 22.3. The number of carbonyl (C=O) groups excluding carboxylic acids is 1. The quantitative estimate of drug-likeness (QED) is 0.108. The highest BCUT2D eigenvalue weighted by Gasteiger charge is 2.72. The van der Waals surface area contributed by atoms with Gasteiger partial charge in [-0.2, -0.15) is 0 Å². The molecule has 5 fully saturated rings. The fraction of sp³-hybridized carbons (Fsp3) is 0.929. The Morgan fingerprint density at radius 1 is 0.917 bits per heavy atom. The lowest BCUT2D eigenvalue weighted by atomic mass is 9.33. The van der Waals surface area contributed by atoms with Crippen LogP contribution in [0.5, 0.6) is 0 Å². The van der Waals surface area contributed by atoms with Gasteiger partial charge in [-0.05, 0) is 117 Å². The number of esters is 1. The summed E-state index contributed by atoms with van der Waals surface area (Å²) >= 11 is 0. The second-order valence-electron chi connectivity index (χ2n) is 19.0. The molecule has 0 amide bonds. The van der Waals surface area contributed by atoms with Crippen LogP contribution in [0, 0.1) is 56.7 Å². The van der Waals surface area contributed by atoms with Crippen molar-refractivity contribution >= 4 is 5.97 Å². The van der Waals surface area contributed by atoms with Crippen LogP contribution in [0.2, 0.25) is 0 Å². The Hall–Kier alpha value is -0.950. The second-order valence-corrected chi connectivity index (χ2v) is 19.0. The lowest BCUT2D eigenvalue weighted by molar-refractivity contribution is -0.368. The molecule has 6 nitrogen and oxygen atoms in total. The van der Waals surface area contributed by atoms with E-state index in [0.29, 0.717) is 36.9 Å². The van der Waals surface area contributed by atoms with E-state index in [1.54, 1.807) is 5.57 Å². The van der Waals surface area contributed by atoms with E-state index < -0.39 is 17.3 Å². The molecule has 48 heavy (non-hydrogen) atoms. The van der Waals surface area contributed by atoms with Crippen LogP contribution in [0.3, 0.4) is 0 Å². The summed E-state index contributed by atoms with van der Waals surface area (Å²) in [5, 5.41) is 11.8. The van der Waals surface area contributed by atoms with Crippen molar-refractivity contribution in [2.24, 2.45) is 56.7 Å². The van der Waals surface area contributed by atoms with Crippen molar-refractivity contribution in [1.29, 1.82) is 0 Å². The molecule has 4 saturated carbocycles. The smallest absolute Gasteiger partial charge is 0.314 e. The molecular weight excluding hydrogens is 600 g/mol. The van der Waals surface area contributed by atoms with Crippen molar-refractivity contribution in [3.63, 3.8) is 0 Å². The first-order chi connectivity index (χ1) is 22.6. The number of unbranched alkanes of at least 4 members (excludes halogenated alkanes) is 5. The Kier molecular flexibility index (Phi) is 10.2. The topological polar surface area (TPSA) is 74.2 Å². The van der Waals surface area contributed by atoms with E-state index in [1.807, 2.05) is 13.8 Å². The number of carbonyl (C=O) groups is 1. The molecule has 5 aliphatic carbocycles. The van der Waals surface area contributed by atoms with Gasteiger partial charge in [-0.25, -0.2) is 0 Å². The van der Waals surface area contributed by atoms with Gasteiger partial charge in [-0.1, -0.05) is 92.2 Å². The second kappa shape index (κ2) is 13.2. The number of aliphatic hydroxyl groups excluding tert-OH is 1. The zero-order valence-corrected chi connectivity index (χ0v) is 32.1. The zero-order chi connectivity index (χ0) is 34.8. The minimum Gasteiger partial charge on any atom is -0.438 e. The van der Waals surface area contributed by atoms with E-state index in [4.69, 9.17) is 18.9 Å². The monoisotopic (exact) mass is 671 g/mol. The lowest BCUT2D eigenvalue weighted by Gasteiger charge is -2.72. The Labute approximate surface area is 292 Å². The summed E-state index contributed by atoms with van der Waals surface area (Å²) < 4.78 is 24.7. The lowest BCUT2D eigenvalue weighted by Crippen LogP contribution is -2.70. The van der Waals surface area contributed by atoms with Crippen molar-refractivity contribution < 1.29 is 28.8 Å². The van der Waals surface area contributed by atoms with Crippen molar-refractivity contribution in [2.75, 3.05) is 20.0 Å². The summed E-state index contributed by atoms with van der Waals surface area (Å²) in [5.74, 6) is 1.39. The molecule has 3 unspecified atom stereocenters. The average Bonchev–Trinajstić information content (AvgIpc) is 3.03. The molecule has 6 rings (SSSR count). The average molecular weight is 671 g/mol. The first-order valence-corrected chi connectivity index (χ1v) is 20.0. The van der Waals surface area contributed by atoms with E-state index in [2.05, 4.69) is 54.5 Å². The molecule has 1 saturated heterocycles. The SMILES string of the molecule is CCCCCCCCOCOC(=O)[C@]12CC[C@@H](C)[C@H](C)[C@H]1C1=CC[C@@H]3[C@@]4(C)C[C@@H](O)C5OC(C)(C)OCC5(C)C4CC[C@@]3(C)[C@]1(C)CC2. The minimum atomic E-state index is -0.665.